The largest absolute Gasteiger partial charge is 0.481 e. The number of esters is 1. The van der Waals surface area contributed by atoms with Gasteiger partial charge in [0.2, 0.25) is 11.8 Å². The third-order valence-corrected chi connectivity index (χ3v) is 5.94. The standard InChI is InChI=1S/C25H28N4O5/c1-6-29-23(28-21-17-10-8-7-9-16(17)13-19(21)34-15(3)30)14(2)26-22(25(29)31)18-11-12-20(32-4)27-24(18)33-5/h7-12,19,21,28H,6,13H2,1-5H3/t19-,21-/m0/s1. The van der Waals surface area contributed by atoms with Crippen molar-refractivity contribution >= 4 is 11.8 Å². The molecule has 0 unspecified atom stereocenters. The van der Waals surface area contributed by atoms with Gasteiger partial charge in [-0.15, -0.1) is 0 Å². The molecule has 1 aliphatic rings. The molecule has 0 bridgehead atoms. The van der Waals surface area contributed by atoms with E-state index in [1.165, 1.54) is 21.1 Å². The average molecular weight is 465 g/mol. The quantitative estimate of drug-likeness (QED) is 0.531. The molecule has 1 aromatic carbocycles. The molecule has 34 heavy (non-hydrogen) atoms. The van der Waals surface area contributed by atoms with Crippen LogP contribution >= 0.6 is 0 Å². The second kappa shape index (κ2) is 9.54. The highest BCUT2D eigenvalue weighted by molar-refractivity contribution is 5.67. The van der Waals surface area contributed by atoms with E-state index in [2.05, 4.69) is 15.3 Å². The van der Waals surface area contributed by atoms with E-state index in [-0.39, 0.29) is 35.2 Å². The van der Waals surface area contributed by atoms with Crippen molar-refractivity contribution in [2.75, 3.05) is 19.5 Å². The van der Waals surface area contributed by atoms with Gasteiger partial charge in [-0.2, -0.15) is 4.98 Å². The summed E-state index contributed by atoms with van der Waals surface area (Å²) in [5.74, 6) is 0.867. The molecular weight excluding hydrogens is 436 g/mol. The van der Waals surface area contributed by atoms with E-state index in [1.807, 2.05) is 38.1 Å². The third-order valence-electron chi connectivity index (χ3n) is 5.94. The third kappa shape index (κ3) is 4.21. The molecule has 0 fully saturated rings. The Labute approximate surface area is 197 Å². The highest BCUT2D eigenvalue weighted by Gasteiger charge is 2.35. The maximum absolute atomic E-state index is 13.5. The molecule has 0 spiro atoms. The first-order chi connectivity index (χ1) is 16.4. The fraction of sp³-hybridized carbons (Fsp3) is 0.360. The number of anilines is 1. The van der Waals surface area contributed by atoms with E-state index in [0.29, 0.717) is 35.9 Å². The van der Waals surface area contributed by atoms with E-state index < -0.39 is 0 Å². The summed E-state index contributed by atoms with van der Waals surface area (Å²) in [6.45, 7) is 5.55. The number of rotatable bonds is 7. The lowest BCUT2D eigenvalue weighted by atomic mass is 10.1. The van der Waals surface area contributed by atoms with Gasteiger partial charge in [0.1, 0.15) is 17.6 Å². The molecule has 9 heteroatoms. The summed E-state index contributed by atoms with van der Waals surface area (Å²) in [5, 5.41) is 3.46. The van der Waals surface area contributed by atoms with Gasteiger partial charge in [-0.05, 0) is 31.0 Å². The zero-order chi connectivity index (χ0) is 24.4. The molecule has 4 rings (SSSR count). The molecular formula is C25H28N4O5. The Balaban J connectivity index is 1.79. The van der Waals surface area contributed by atoms with Crippen LogP contribution in [-0.4, -0.2) is 40.8 Å². The minimum Gasteiger partial charge on any atom is -0.481 e. The zero-order valence-electron chi connectivity index (χ0n) is 19.9. The number of hydrogen-bond acceptors (Lipinski definition) is 8. The number of ether oxygens (including phenoxy) is 3. The number of carbonyl (C=O) groups excluding carboxylic acids is 1. The second-order valence-electron chi connectivity index (χ2n) is 8.03. The maximum Gasteiger partial charge on any atom is 0.302 e. The Bertz CT molecular complexity index is 1290. The highest BCUT2D eigenvalue weighted by Crippen LogP contribution is 2.37. The molecule has 2 heterocycles. The fourth-order valence-corrected chi connectivity index (χ4v) is 4.42. The van der Waals surface area contributed by atoms with Crippen LogP contribution in [0.2, 0.25) is 0 Å². The summed E-state index contributed by atoms with van der Waals surface area (Å²) in [4.78, 5) is 34.2. The minimum absolute atomic E-state index is 0.236. The summed E-state index contributed by atoms with van der Waals surface area (Å²) in [7, 11) is 3.00. The maximum atomic E-state index is 13.5. The molecule has 0 saturated heterocycles. The minimum atomic E-state index is -0.389. The molecule has 0 radical (unpaired) electrons. The van der Waals surface area contributed by atoms with Gasteiger partial charge in [0, 0.05) is 26.0 Å². The average Bonchev–Trinajstić information content (AvgIpc) is 3.17. The first kappa shape index (κ1) is 23.3. The summed E-state index contributed by atoms with van der Waals surface area (Å²) >= 11 is 0. The lowest BCUT2D eigenvalue weighted by molar-refractivity contribution is -0.146. The van der Waals surface area contributed by atoms with Crippen molar-refractivity contribution in [2.24, 2.45) is 0 Å². The fourth-order valence-electron chi connectivity index (χ4n) is 4.42. The molecule has 0 amide bonds. The van der Waals surface area contributed by atoms with Crippen molar-refractivity contribution in [3.05, 3.63) is 63.6 Å². The van der Waals surface area contributed by atoms with Crippen LogP contribution < -0.4 is 20.3 Å². The number of pyridine rings is 1. The summed E-state index contributed by atoms with van der Waals surface area (Å²) in [6.07, 6.45) is 0.212. The van der Waals surface area contributed by atoms with E-state index >= 15 is 0 Å². The van der Waals surface area contributed by atoms with Crippen LogP contribution in [-0.2, 0) is 22.5 Å². The van der Waals surface area contributed by atoms with Crippen LogP contribution in [0.3, 0.4) is 0 Å². The first-order valence-electron chi connectivity index (χ1n) is 11.1. The molecule has 0 aliphatic heterocycles. The molecule has 1 aliphatic carbocycles. The van der Waals surface area contributed by atoms with E-state index in [0.717, 1.165) is 11.1 Å². The Hall–Kier alpha value is -3.88. The number of hydrogen-bond donors (Lipinski definition) is 1. The normalized spacial score (nSPS) is 16.6. The van der Waals surface area contributed by atoms with Gasteiger partial charge in [-0.1, -0.05) is 24.3 Å². The van der Waals surface area contributed by atoms with Gasteiger partial charge >= 0.3 is 5.97 Å². The van der Waals surface area contributed by atoms with Gasteiger partial charge in [0.25, 0.3) is 5.56 Å². The molecule has 9 nitrogen and oxygen atoms in total. The van der Waals surface area contributed by atoms with E-state index in [9.17, 15) is 9.59 Å². The Morgan fingerprint density at radius 2 is 1.91 bits per heavy atom. The van der Waals surface area contributed by atoms with Crippen LogP contribution in [0.5, 0.6) is 11.8 Å². The van der Waals surface area contributed by atoms with Gasteiger partial charge in [-0.25, -0.2) is 4.98 Å². The predicted molar refractivity (Wildman–Crippen MR) is 127 cm³/mol. The van der Waals surface area contributed by atoms with Crippen LogP contribution in [0.25, 0.3) is 11.3 Å². The van der Waals surface area contributed by atoms with Gasteiger partial charge in [0.05, 0.1) is 31.5 Å². The topological polar surface area (TPSA) is 105 Å². The highest BCUT2D eigenvalue weighted by atomic mass is 16.5. The summed E-state index contributed by atoms with van der Waals surface area (Å²) in [5.41, 5.74) is 3.20. The number of aromatic nitrogens is 3. The molecule has 2 aromatic heterocycles. The van der Waals surface area contributed by atoms with Crippen molar-refractivity contribution < 1.29 is 19.0 Å². The number of fused-ring (bicyclic) bond motifs is 1. The number of benzene rings is 1. The van der Waals surface area contributed by atoms with Crippen LogP contribution in [0.15, 0.2) is 41.2 Å². The second-order valence-corrected chi connectivity index (χ2v) is 8.03. The molecule has 3 aromatic rings. The van der Waals surface area contributed by atoms with Gasteiger partial charge in [-0.3, -0.25) is 14.2 Å². The molecule has 1 N–H and O–H groups in total. The van der Waals surface area contributed by atoms with Crippen LogP contribution in [0.4, 0.5) is 5.82 Å². The van der Waals surface area contributed by atoms with E-state index in [1.54, 1.807) is 16.7 Å². The number of aryl methyl sites for hydroxylation is 1. The van der Waals surface area contributed by atoms with Crippen molar-refractivity contribution in [2.45, 2.75) is 45.9 Å². The van der Waals surface area contributed by atoms with Gasteiger partial charge in [0.15, 0.2) is 0 Å². The Kier molecular flexibility index (Phi) is 6.54. The number of carbonyl (C=O) groups is 1. The number of nitrogens with zero attached hydrogens (tertiary/aromatic N) is 3. The Morgan fingerprint density at radius 3 is 2.59 bits per heavy atom. The molecule has 0 saturated carbocycles. The van der Waals surface area contributed by atoms with Gasteiger partial charge < -0.3 is 19.5 Å². The summed E-state index contributed by atoms with van der Waals surface area (Å²) < 4.78 is 17.8. The molecule has 2 atom stereocenters. The van der Waals surface area contributed by atoms with Crippen LogP contribution in [0, 0.1) is 6.92 Å². The van der Waals surface area contributed by atoms with Crippen molar-refractivity contribution in [3.63, 3.8) is 0 Å². The van der Waals surface area contributed by atoms with Crippen LogP contribution in [0.1, 0.15) is 36.7 Å². The van der Waals surface area contributed by atoms with Crippen molar-refractivity contribution in [3.8, 4) is 23.0 Å². The number of methoxy groups -OCH3 is 2. The lowest BCUT2D eigenvalue weighted by Crippen LogP contribution is -2.32. The first-order valence-corrected chi connectivity index (χ1v) is 11.1. The molecule has 178 valence electrons. The monoisotopic (exact) mass is 464 g/mol. The zero-order valence-corrected chi connectivity index (χ0v) is 19.9. The summed E-state index contributed by atoms with van der Waals surface area (Å²) in [6, 6.07) is 11.0. The number of nitrogens with one attached hydrogen (secondary N) is 1. The SMILES string of the molecule is CCn1c(N[C@H]2c3ccccc3C[C@@H]2OC(C)=O)c(C)nc(-c2ccc(OC)nc2OC)c1=O. The lowest BCUT2D eigenvalue weighted by Gasteiger charge is -2.25. The van der Waals surface area contributed by atoms with Crippen molar-refractivity contribution in [1.82, 2.24) is 14.5 Å². The van der Waals surface area contributed by atoms with Crippen molar-refractivity contribution in [1.29, 1.82) is 0 Å². The Morgan fingerprint density at radius 1 is 1.15 bits per heavy atom. The predicted octanol–water partition coefficient (Wildman–Crippen LogP) is 3.29. The van der Waals surface area contributed by atoms with E-state index in [4.69, 9.17) is 14.2 Å². The smallest absolute Gasteiger partial charge is 0.302 e.